The van der Waals surface area contributed by atoms with E-state index in [1.54, 1.807) is 36.9 Å². The summed E-state index contributed by atoms with van der Waals surface area (Å²) in [5, 5.41) is 2.97. The minimum absolute atomic E-state index is 0.0194. The number of nitrogens with zero attached hydrogens (tertiary/aromatic N) is 1. The number of hydrogen-bond acceptors (Lipinski definition) is 5. The quantitative estimate of drug-likeness (QED) is 0.688. The van der Waals surface area contributed by atoms with Crippen LogP contribution in [0.2, 0.25) is 0 Å². The molecule has 2 amide bonds. The van der Waals surface area contributed by atoms with E-state index in [1.165, 1.54) is 12.1 Å². The van der Waals surface area contributed by atoms with Crippen LogP contribution in [0.3, 0.4) is 0 Å². The lowest BCUT2D eigenvalue weighted by Crippen LogP contribution is -2.46. The van der Waals surface area contributed by atoms with Crippen molar-refractivity contribution in [3.8, 4) is 0 Å². The molecule has 9 heteroatoms. The van der Waals surface area contributed by atoms with Crippen molar-refractivity contribution in [2.45, 2.75) is 44.6 Å². The fraction of sp³-hybridized carbons (Fsp3) is 0.391. The maximum Gasteiger partial charge on any atom is 0.409 e. The van der Waals surface area contributed by atoms with Gasteiger partial charge >= 0.3 is 6.09 Å². The van der Waals surface area contributed by atoms with Crippen molar-refractivity contribution in [2.75, 3.05) is 24.4 Å². The number of aryl methyl sites for hydroxylation is 2. The monoisotopic (exact) mass is 459 g/mol. The number of carbonyl (C=O) groups is 2. The van der Waals surface area contributed by atoms with E-state index < -0.39 is 10.0 Å². The molecule has 3 rings (SSSR count). The third kappa shape index (κ3) is 5.79. The van der Waals surface area contributed by atoms with E-state index in [-0.39, 0.29) is 22.9 Å². The smallest absolute Gasteiger partial charge is 0.409 e. The number of benzene rings is 2. The van der Waals surface area contributed by atoms with Crippen molar-refractivity contribution in [3.63, 3.8) is 0 Å². The van der Waals surface area contributed by atoms with E-state index >= 15 is 0 Å². The average Bonchev–Trinajstić information content (AvgIpc) is 2.76. The van der Waals surface area contributed by atoms with Crippen molar-refractivity contribution in [1.29, 1.82) is 0 Å². The summed E-state index contributed by atoms with van der Waals surface area (Å²) in [5.41, 5.74) is 2.47. The first-order valence-electron chi connectivity index (χ1n) is 10.6. The van der Waals surface area contributed by atoms with Gasteiger partial charge in [0, 0.05) is 30.4 Å². The lowest BCUT2D eigenvalue weighted by atomic mass is 10.0. The van der Waals surface area contributed by atoms with Crippen LogP contribution in [0.4, 0.5) is 10.5 Å². The molecule has 32 heavy (non-hydrogen) atoms. The van der Waals surface area contributed by atoms with Crippen LogP contribution in [-0.4, -0.2) is 51.1 Å². The third-order valence-corrected chi connectivity index (χ3v) is 6.80. The highest BCUT2D eigenvalue weighted by molar-refractivity contribution is 7.92. The molecule has 1 aliphatic rings. The van der Waals surface area contributed by atoms with Crippen molar-refractivity contribution in [2.24, 2.45) is 0 Å². The zero-order valence-electron chi connectivity index (χ0n) is 18.6. The molecule has 1 heterocycles. The first-order chi connectivity index (χ1) is 15.2. The predicted molar refractivity (Wildman–Crippen MR) is 122 cm³/mol. The molecule has 0 bridgehead atoms. The van der Waals surface area contributed by atoms with Crippen LogP contribution in [0.5, 0.6) is 0 Å². The van der Waals surface area contributed by atoms with Crippen LogP contribution in [-0.2, 0) is 14.8 Å². The highest BCUT2D eigenvalue weighted by atomic mass is 32.2. The van der Waals surface area contributed by atoms with Crippen molar-refractivity contribution < 1.29 is 22.7 Å². The Morgan fingerprint density at radius 2 is 1.72 bits per heavy atom. The van der Waals surface area contributed by atoms with Crippen molar-refractivity contribution >= 4 is 27.7 Å². The number of rotatable bonds is 6. The molecule has 0 spiro atoms. The van der Waals surface area contributed by atoms with Gasteiger partial charge in [-0.1, -0.05) is 23.8 Å². The number of likely N-dealkylation sites (tertiary alicyclic amines) is 1. The van der Waals surface area contributed by atoms with Crippen LogP contribution in [0.25, 0.3) is 0 Å². The number of anilines is 1. The molecule has 1 saturated heterocycles. The summed E-state index contributed by atoms with van der Waals surface area (Å²) in [7, 11) is -3.84. The first-order valence-corrected chi connectivity index (χ1v) is 12.1. The third-order valence-electron chi connectivity index (χ3n) is 5.42. The molecule has 172 valence electrons. The second-order valence-electron chi connectivity index (χ2n) is 7.88. The number of ether oxygens (including phenoxy) is 1. The Balaban J connectivity index is 1.68. The van der Waals surface area contributed by atoms with E-state index in [1.807, 2.05) is 19.1 Å². The molecule has 0 aliphatic carbocycles. The molecule has 0 aromatic heterocycles. The maximum atomic E-state index is 12.9. The molecule has 0 saturated carbocycles. The van der Waals surface area contributed by atoms with Crippen molar-refractivity contribution in [3.05, 3.63) is 59.2 Å². The van der Waals surface area contributed by atoms with Gasteiger partial charge in [0.15, 0.2) is 0 Å². The summed E-state index contributed by atoms with van der Waals surface area (Å²) >= 11 is 0. The number of nitrogens with one attached hydrogen (secondary N) is 2. The summed E-state index contributed by atoms with van der Waals surface area (Å²) in [6, 6.07) is 11.4. The molecule has 2 N–H and O–H groups in total. The number of carbonyl (C=O) groups excluding carboxylic acids is 2. The average molecular weight is 460 g/mol. The minimum atomic E-state index is -3.84. The Bertz CT molecular complexity index is 1080. The summed E-state index contributed by atoms with van der Waals surface area (Å²) < 4.78 is 33.2. The second kappa shape index (κ2) is 10.0. The molecule has 1 aliphatic heterocycles. The van der Waals surface area contributed by atoms with Gasteiger partial charge in [0.25, 0.3) is 15.9 Å². The Hall–Kier alpha value is -3.07. The number of sulfonamides is 1. The molecular weight excluding hydrogens is 430 g/mol. The van der Waals surface area contributed by atoms with Gasteiger partial charge in [-0.3, -0.25) is 9.52 Å². The standard InChI is InChI=1S/C23H29N3O5S/c1-4-31-23(28)26-13-11-18(12-14-26)24-22(27)21-15-20(10-7-17(21)3)32(29,30)25-19-8-5-16(2)6-9-19/h5-10,15,18,25H,4,11-14H2,1-3H3,(H,24,27). The van der Waals surface area contributed by atoms with E-state index in [9.17, 15) is 18.0 Å². The maximum absolute atomic E-state index is 12.9. The lowest BCUT2D eigenvalue weighted by molar-refractivity contribution is 0.0859. The van der Waals surface area contributed by atoms with Crippen LogP contribution >= 0.6 is 0 Å². The van der Waals surface area contributed by atoms with E-state index in [4.69, 9.17) is 4.74 Å². The largest absolute Gasteiger partial charge is 0.450 e. The zero-order chi connectivity index (χ0) is 23.3. The highest BCUT2D eigenvalue weighted by Crippen LogP contribution is 2.20. The molecule has 2 aromatic rings. The number of amides is 2. The second-order valence-corrected chi connectivity index (χ2v) is 9.56. The predicted octanol–water partition coefficient (Wildman–Crippen LogP) is 3.45. The Kier molecular flexibility index (Phi) is 7.40. The summed E-state index contributed by atoms with van der Waals surface area (Å²) in [4.78, 5) is 26.4. The van der Waals surface area contributed by atoms with Crippen LogP contribution in [0, 0.1) is 13.8 Å². The van der Waals surface area contributed by atoms with Gasteiger partial charge in [0.1, 0.15) is 0 Å². The lowest BCUT2D eigenvalue weighted by Gasteiger charge is -2.31. The summed E-state index contributed by atoms with van der Waals surface area (Å²) in [6.07, 6.45) is 0.875. The van der Waals surface area contributed by atoms with Gasteiger partial charge < -0.3 is 15.0 Å². The number of piperidine rings is 1. The van der Waals surface area contributed by atoms with Crippen LogP contribution in [0.1, 0.15) is 41.3 Å². The molecule has 0 atom stereocenters. The van der Waals surface area contributed by atoms with Gasteiger partial charge in [-0.15, -0.1) is 0 Å². The SMILES string of the molecule is CCOC(=O)N1CCC(NC(=O)c2cc(S(=O)(=O)Nc3ccc(C)cc3)ccc2C)CC1. The summed E-state index contributed by atoms with van der Waals surface area (Å²) in [6.45, 7) is 6.77. The van der Waals surface area contributed by atoms with Gasteiger partial charge in [0.05, 0.1) is 11.5 Å². The van der Waals surface area contributed by atoms with Crippen LogP contribution < -0.4 is 10.0 Å². The normalized spacial score (nSPS) is 14.7. The molecule has 1 fully saturated rings. The zero-order valence-corrected chi connectivity index (χ0v) is 19.4. The molecule has 0 unspecified atom stereocenters. The summed E-state index contributed by atoms with van der Waals surface area (Å²) in [5.74, 6) is -0.329. The fourth-order valence-corrected chi connectivity index (χ4v) is 4.62. The number of hydrogen-bond donors (Lipinski definition) is 2. The van der Waals surface area contributed by atoms with Gasteiger partial charge in [-0.25, -0.2) is 13.2 Å². The first kappa shape index (κ1) is 23.6. The van der Waals surface area contributed by atoms with Gasteiger partial charge in [0.2, 0.25) is 0 Å². The molecule has 2 aromatic carbocycles. The van der Waals surface area contributed by atoms with Gasteiger partial charge in [-0.2, -0.15) is 0 Å². The topological polar surface area (TPSA) is 105 Å². The Morgan fingerprint density at radius 1 is 1.06 bits per heavy atom. The fourth-order valence-electron chi connectivity index (χ4n) is 3.53. The molecule has 8 nitrogen and oxygen atoms in total. The van der Waals surface area contributed by atoms with E-state index in [2.05, 4.69) is 10.0 Å². The Morgan fingerprint density at radius 3 is 2.34 bits per heavy atom. The van der Waals surface area contributed by atoms with Crippen molar-refractivity contribution in [1.82, 2.24) is 10.2 Å². The van der Waals surface area contributed by atoms with E-state index in [0.717, 1.165) is 5.56 Å². The molecular formula is C23H29N3O5S. The molecule has 0 radical (unpaired) electrons. The minimum Gasteiger partial charge on any atom is -0.450 e. The Labute approximate surface area is 189 Å². The van der Waals surface area contributed by atoms with Gasteiger partial charge in [-0.05, 0) is 63.4 Å². The highest BCUT2D eigenvalue weighted by Gasteiger charge is 2.26. The van der Waals surface area contributed by atoms with Crippen LogP contribution in [0.15, 0.2) is 47.4 Å². The van der Waals surface area contributed by atoms with E-state index in [0.29, 0.717) is 49.4 Å².